The highest BCUT2D eigenvalue weighted by Gasteiger charge is 2.09. The van der Waals surface area contributed by atoms with Gasteiger partial charge in [-0.25, -0.2) is 15.0 Å². The first-order valence-corrected chi connectivity index (χ1v) is 10.8. The van der Waals surface area contributed by atoms with Gasteiger partial charge in [0, 0.05) is 41.5 Å². The molecule has 34 heavy (non-hydrogen) atoms. The largest absolute Gasteiger partial charge is 0.340 e. The second-order valence-corrected chi connectivity index (χ2v) is 7.95. The fourth-order valence-electron chi connectivity index (χ4n) is 3.60. The molecule has 5 rings (SSSR count). The lowest BCUT2D eigenvalue weighted by Gasteiger charge is -2.11. The molecule has 4 aromatic heterocycles. The quantitative estimate of drug-likeness (QED) is 0.318. The number of rotatable bonds is 6. The van der Waals surface area contributed by atoms with Gasteiger partial charge in [-0.15, -0.1) is 0 Å². The van der Waals surface area contributed by atoms with Gasteiger partial charge in [0.25, 0.3) is 5.91 Å². The van der Waals surface area contributed by atoms with Gasteiger partial charge in [-0.1, -0.05) is 6.07 Å². The summed E-state index contributed by atoms with van der Waals surface area (Å²) in [7, 11) is 0. The van der Waals surface area contributed by atoms with Gasteiger partial charge in [0.1, 0.15) is 23.3 Å². The molecule has 0 radical (unpaired) electrons. The Bertz CT molecular complexity index is 1440. The van der Waals surface area contributed by atoms with Crippen LogP contribution in [0.5, 0.6) is 0 Å². The van der Waals surface area contributed by atoms with E-state index in [-0.39, 0.29) is 5.91 Å². The number of nitrogens with zero attached hydrogens (tertiary/aromatic N) is 4. The van der Waals surface area contributed by atoms with E-state index in [2.05, 4.69) is 30.9 Å². The van der Waals surface area contributed by atoms with Crippen molar-refractivity contribution in [1.82, 2.24) is 19.4 Å². The molecule has 0 fully saturated rings. The maximum Gasteiger partial charge on any atom is 0.257 e. The monoisotopic (exact) mass is 449 g/mol. The third-order valence-corrected chi connectivity index (χ3v) is 5.19. The number of fused-ring (bicyclic) bond motifs is 1. The van der Waals surface area contributed by atoms with Crippen LogP contribution in [0.3, 0.4) is 0 Å². The van der Waals surface area contributed by atoms with Gasteiger partial charge in [0.15, 0.2) is 0 Å². The first-order chi connectivity index (χ1) is 16.5. The van der Waals surface area contributed by atoms with Crippen molar-refractivity contribution < 1.29 is 4.79 Å². The highest BCUT2D eigenvalue weighted by atomic mass is 16.1. The van der Waals surface area contributed by atoms with E-state index in [1.54, 1.807) is 6.20 Å². The molecule has 0 saturated carbocycles. The van der Waals surface area contributed by atoms with Crippen LogP contribution in [0, 0.1) is 13.8 Å². The molecule has 0 aliphatic rings. The van der Waals surface area contributed by atoms with E-state index in [4.69, 9.17) is 0 Å². The van der Waals surface area contributed by atoms with E-state index in [0.29, 0.717) is 28.7 Å². The maximum absolute atomic E-state index is 12.6. The van der Waals surface area contributed by atoms with Gasteiger partial charge >= 0.3 is 0 Å². The van der Waals surface area contributed by atoms with Gasteiger partial charge in [-0.05, 0) is 74.0 Å². The van der Waals surface area contributed by atoms with Gasteiger partial charge in [0.05, 0.1) is 5.56 Å². The van der Waals surface area contributed by atoms with Gasteiger partial charge < -0.3 is 20.4 Å². The van der Waals surface area contributed by atoms with Crippen LogP contribution >= 0.6 is 0 Å². The van der Waals surface area contributed by atoms with Crippen molar-refractivity contribution in [2.75, 3.05) is 16.0 Å². The number of anilines is 5. The lowest BCUT2D eigenvalue weighted by Crippen LogP contribution is -2.10. The molecule has 0 aliphatic heterocycles. The SMILES string of the molecule is Cc1ccnc(Nc2cc(Nc3ccc(NC(=O)c4cc5ccccn5c4)cc3)nc(C)n2)c1. The van der Waals surface area contributed by atoms with Crippen LogP contribution in [0.1, 0.15) is 21.7 Å². The summed E-state index contributed by atoms with van der Waals surface area (Å²) < 4.78 is 1.92. The van der Waals surface area contributed by atoms with Crippen LogP contribution in [0.25, 0.3) is 5.52 Å². The number of hydrogen-bond donors (Lipinski definition) is 3. The van der Waals surface area contributed by atoms with E-state index < -0.39 is 0 Å². The number of pyridine rings is 2. The summed E-state index contributed by atoms with van der Waals surface area (Å²) in [6, 6.07) is 20.9. The normalized spacial score (nSPS) is 10.8. The topological polar surface area (TPSA) is 96.2 Å². The van der Waals surface area contributed by atoms with E-state index in [9.17, 15) is 4.79 Å². The molecule has 0 unspecified atom stereocenters. The zero-order valence-corrected chi connectivity index (χ0v) is 18.8. The molecule has 5 aromatic rings. The van der Waals surface area contributed by atoms with Crippen molar-refractivity contribution in [3.05, 3.63) is 102 Å². The van der Waals surface area contributed by atoms with Crippen LogP contribution < -0.4 is 16.0 Å². The van der Waals surface area contributed by atoms with Crippen LogP contribution in [0.4, 0.5) is 28.8 Å². The lowest BCUT2D eigenvalue weighted by atomic mass is 10.2. The summed E-state index contributed by atoms with van der Waals surface area (Å²) in [6.07, 6.45) is 5.49. The highest BCUT2D eigenvalue weighted by Crippen LogP contribution is 2.22. The fourth-order valence-corrected chi connectivity index (χ4v) is 3.60. The molecule has 0 saturated heterocycles. The molecule has 0 aliphatic carbocycles. The van der Waals surface area contributed by atoms with E-state index >= 15 is 0 Å². The van der Waals surface area contributed by atoms with Crippen molar-refractivity contribution in [1.29, 1.82) is 0 Å². The molecule has 0 bridgehead atoms. The minimum Gasteiger partial charge on any atom is -0.340 e. The Hall–Kier alpha value is -4.72. The molecule has 8 heteroatoms. The summed E-state index contributed by atoms with van der Waals surface area (Å²) in [6.45, 7) is 3.85. The molecular weight excluding hydrogens is 426 g/mol. The average Bonchev–Trinajstić information content (AvgIpc) is 3.25. The van der Waals surface area contributed by atoms with Gasteiger partial charge in [-0.2, -0.15) is 0 Å². The zero-order chi connectivity index (χ0) is 23.5. The zero-order valence-electron chi connectivity index (χ0n) is 18.8. The first kappa shape index (κ1) is 21.1. The van der Waals surface area contributed by atoms with Gasteiger partial charge in [-0.3, -0.25) is 4.79 Å². The van der Waals surface area contributed by atoms with E-state index in [1.165, 1.54) is 0 Å². The molecule has 168 valence electrons. The van der Waals surface area contributed by atoms with Crippen LogP contribution in [-0.2, 0) is 0 Å². The molecule has 1 amide bonds. The summed E-state index contributed by atoms with van der Waals surface area (Å²) in [5.41, 5.74) is 4.23. The van der Waals surface area contributed by atoms with Crippen molar-refractivity contribution in [2.24, 2.45) is 0 Å². The van der Waals surface area contributed by atoms with Crippen molar-refractivity contribution in [3.63, 3.8) is 0 Å². The smallest absolute Gasteiger partial charge is 0.257 e. The number of aryl methyl sites for hydroxylation is 2. The number of benzene rings is 1. The summed E-state index contributed by atoms with van der Waals surface area (Å²) >= 11 is 0. The Labute approximate surface area is 196 Å². The van der Waals surface area contributed by atoms with Crippen molar-refractivity contribution in [2.45, 2.75) is 13.8 Å². The summed E-state index contributed by atoms with van der Waals surface area (Å²) in [4.78, 5) is 25.9. The predicted molar refractivity (Wildman–Crippen MR) is 134 cm³/mol. The molecule has 3 N–H and O–H groups in total. The second-order valence-electron chi connectivity index (χ2n) is 7.95. The third kappa shape index (κ3) is 4.86. The van der Waals surface area contributed by atoms with Crippen molar-refractivity contribution >= 4 is 40.3 Å². The Morgan fingerprint density at radius 1 is 0.824 bits per heavy atom. The number of carbonyl (C=O) groups is 1. The minimum atomic E-state index is -0.156. The standard InChI is InChI=1S/C26H23N7O/c1-17-10-11-27-23(13-17)32-25-15-24(28-18(2)29-25)30-20-6-8-21(9-7-20)31-26(34)19-14-22-5-3-4-12-33(22)16-19/h3-16H,1-2H3,(H,31,34)(H2,27,28,29,30,32). The second kappa shape index (κ2) is 9.03. The molecule has 8 nitrogen and oxygen atoms in total. The number of carbonyl (C=O) groups excluding carboxylic acids is 1. The predicted octanol–water partition coefficient (Wildman–Crippen LogP) is 5.48. The third-order valence-electron chi connectivity index (χ3n) is 5.19. The van der Waals surface area contributed by atoms with Crippen molar-refractivity contribution in [3.8, 4) is 0 Å². The number of nitrogens with one attached hydrogen (secondary N) is 3. The highest BCUT2D eigenvalue weighted by molar-refractivity contribution is 6.05. The number of amides is 1. The molecule has 0 spiro atoms. The molecule has 1 aromatic carbocycles. The Morgan fingerprint density at radius 2 is 1.59 bits per heavy atom. The van der Waals surface area contributed by atoms with E-state index in [0.717, 1.165) is 22.6 Å². The number of aromatic nitrogens is 4. The Kier molecular flexibility index (Phi) is 5.61. The van der Waals surface area contributed by atoms with Crippen LogP contribution in [0.15, 0.2) is 85.3 Å². The number of hydrogen-bond acceptors (Lipinski definition) is 6. The molecule has 4 heterocycles. The van der Waals surface area contributed by atoms with Crippen LogP contribution in [0.2, 0.25) is 0 Å². The summed E-state index contributed by atoms with van der Waals surface area (Å²) in [5.74, 6) is 2.50. The molecule has 0 atom stereocenters. The lowest BCUT2D eigenvalue weighted by molar-refractivity contribution is 0.102. The minimum absolute atomic E-state index is 0.156. The summed E-state index contributed by atoms with van der Waals surface area (Å²) in [5, 5.41) is 9.44. The first-order valence-electron chi connectivity index (χ1n) is 10.8. The average molecular weight is 450 g/mol. The van der Waals surface area contributed by atoms with Crippen LogP contribution in [-0.4, -0.2) is 25.3 Å². The Morgan fingerprint density at radius 3 is 2.35 bits per heavy atom. The Balaban J connectivity index is 1.26. The fraction of sp³-hybridized carbons (Fsp3) is 0.0769. The van der Waals surface area contributed by atoms with Gasteiger partial charge in [0.2, 0.25) is 0 Å². The van der Waals surface area contributed by atoms with E-state index in [1.807, 2.05) is 97.4 Å². The maximum atomic E-state index is 12.6. The molecular formula is C26H23N7O.